The van der Waals surface area contributed by atoms with Crippen LogP contribution >= 0.6 is 0 Å². The first-order valence-corrected chi connectivity index (χ1v) is 12.1. The molecule has 13 heteroatoms. The molecule has 1 aliphatic heterocycles. The molecule has 0 saturated carbocycles. The molecule has 1 aliphatic rings. The number of amides is 2. The van der Waals surface area contributed by atoms with Crippen LogP contribution in [0.5, 0.6) is 0 Å². The summed E-state index contributed by atoms with van der Waals surface area (Å²) >= 11 is 0. The van der Waals surface area contributed by atoms with Crippen LogP contribution in [0.25, 0.3) is 16.9 Å². The molecular formula is C26H24F3N7O3. The summed E-state index contributed by atoms with van der Waals surface area (Å²) in [6, 6.07) is 9.81. The highest BCUT2D eigenvalue weighted by Gasteiger charge is 2.31. The monoisotopic (exact) mass is 539 g/mol. The van der Waals surface area contributed by atoms with Gasteiger partial charge < -0.3 is 21.1 Å². The van der Waals surface area contributed by atoms with Gasteiger partial charge in [-0.15, -0.1) is 0 Å². The van der Waals surface area contributed by atoms with Gasteiger partial charge in [0.2, 0.25) is 11.9 Å². The highest BCUT2D eigenvalue weighted by molar-refractivity contribution is 6.04. The van der Waals surface area contributed by atoms with Crippen LogP contribution in [0.1, 0.15) is 40.4 Å². The maximum Gasteiger partial charge on any atom is 0.416 e. The van der Waals surface area contributed by atoms with Gasteiger partial charge >= 0.3 is 6.18 Å². The number of imidazole rings is 1. The van der Waals surface area contributed by atoms with Crippen molar-refractivity contribution in [3.8, 4) is 11.4 Å². The smallest absolute Gasteiger partial charge is 0.387 e. The predicted molar refractivity (Wildman–Crippen MR) is 136 cm³/mol. The lowest BCUT2D eigenvalue weighted by Crippen LogP contribution is -2.39. The van der Waals surface area contributed by atoms with E-state index < -0.39 is 24.3 Å². The molecule has 0 atom stereocenters. The first-order chi connectivity index (χ1) is 18.7. The Bertz CT molecular complexity index is 1530. The number of aliphatic hydroxyl groups is 1. The number of anilines is 2. The second-order valence-corrected chi connectivity index (χ2v) is 9.12. The number of hydrogen-bond donors (Lipinski definition) is 3. The maximum atomic E-state index is 13.0. The highest BCUT2D eigenvalue weighted by atomic mass is 19.4. The number of likely N-dealkylation sites (tertiary alicyclic amines) is 1. The summed E-state index contributed by atoms with van der Waals surface area (Å²) in [6.07, 6.45) is -0.638. The fourth-order valence-corrected chi connectivity index (χ4v) is 4.71. The average molecular weight is 540 g/mol. The normalized spacial score (nSPS) is 14.5. The number of aliphatic hydroxyl groups excluding tert-OH is 1. The van der Waals surface area contributed by atoms with E-state index in [1.54, 1.807) is 27.6 Å². The van der Waals surface area contributed by atoms with Crippen LogP contribution in [0.3, 0.4) is 0 Å². The molecule has 0 spiro atoms. The van der Waals surface area contributed by atoms with Crippen LogP contribution in [0.4, 0.5) is 24.9 Å². The SMILES string of the molecule is Nc1nccc2c(C3CCN(C(=O)CO)CC3)nc(-c3ccc(C(=O)Nc4cc(C(F)(F)F)ccn4)cc3)n12. The van der Waals surface area contributed by atoms with Crippen molar-refractivity contribution in [1.82, 2.24) is 24.3 Å². The number of halogens is 3. The maximum absolute atomic E-state index is 13.0. The molecule has 10 nitrogen and oxygen atoms in total. The molecule has 4 aromatic rings. The van der Waals surface area contributed by atoms with Crippen molar-refractivity contribution in [3.05, 3.63) is 71.7 Å². The topological polar surface area (TPSA) is 139 Å². The van der Waals surface area contributed by atoms with Crippen LogP contribution in [0.2, 0.25) is 0 Å². The van der Waals surface area contributed by atoms with Crippen molar-refractivity contribution in [3.63, 3.8) is 0 Å². The van der Waals surface area contributed by atoms with Gasteiger partial charge in [-0.2, -0.15) is 13.2 Å². The number of nitrogens with two attached hydrogens (primary N) is 1. The lowest BCUT2D eigenvalue weighted by Gasteiger charge is -2.31. The molecular weight excluding hydrogens is 515 g/mol. The number of fused-ring (bicyclic) bond motifs is 1. The fourth-order valence-electron chi connectivity index (χ4n) is 4.71. The first kappa shape index (κ1) is 26.1. The molecule has 1 fully saturated rings. The third kappa shape index (κ3) is 5.25. The van der Waals surface area contributed by atoms with Crippen molar-refractivity contribution < 1.29 is 27.9 Å². The molecule has 3 aromatic heterocycles. The molecule has 0 radical (unpaired) electrons. The van der Waals surface area contributed by atoms with E-state index >= 15 is 0 Å². The first-order valence-electron chi connectivity index (χ1n) is 12.1. The summed E-state index contributed by atoms with van der Waals surface area (Å²) in [5.41, 5.74) is 7.75. The fraction of sp³-hybridized carbons (Fsp3) is 0.269. The molecule has 2 amide bonds. The number of benzene rings is 1. The zero-order chi connectivity index (χ0) is 27.7. The second kappa shape index (κ2) is 10.3. The van der Waals surface area contributed by atoms with Crippen LogP contribution in [0.15, 0.2) is 54.9 Å². The minimum Gasteiger partial charge on any atom is -0.387 e. The molecule has 1 saturated heterocycles. The molecule has 5 rings (SSSR count). The molecule has 0 bridgehead atoms. The minimum atomic E-state index is -4.56. The Balaban J connectivity index is 1.39. The molecule has 0 unspecified atom stereocenters. The predicted octanol–water partition coefficient (Wildman–Crippen LogP) is 3.34. The molecule has 4 heterocycles. The van der Waals surface area contributed by atoms with E-state index in [1.807, 2.05) is 6.07 Å². The number of nitrogens with zero attached hydrogens (tertiary/aromatic N) is 5. The zero-order valence-electron chi connectivity index (χ0n) is 20.5. The Kier molecular flexibility index (Phi) is 6.91. The molecule has 4 N–H and O–H groups in total. The quantitative estimate of drug-likeness (QED) is 0.354. The number of alkyl halides is 3. The van der Waals surface area contributed by atoms with E-state index in [2.05, 4.69) is 15.3 Å². The van der Waals surface area contributed by atoms with E-state index in [1.165, 1.54) is 12.1 Å². The van der Waals surface area contributed by atoms with E-state index in [9.17, 15) is 22.8 Å². The standard InChI is InChI=1S/C26H24F3N7O3/c27-26(28,29)18-5-9-31-20(13-18)33-24(39)17-3-1-16(2-4-17)23-34-22(19-6-10-32-25(30)36(19)23)15-7-11-35(12-8-15)21(38)14-37/h1-6,9-10,13,15,37H,7-8,11-12,14H2,(H2,30,32)(H,31,33,39). The minimum absolute atomic E-state index is 0.0586. The van der Waals surface area contributed by atoms with Crippen molar-refractivity contribution in [2.24, 2.45) is 0 Å². The van der Waals surface area contributed by atoms with Crippen molar-refractivity contribution in [2.45, 2.75) is 24.9 Å². The van der Waals surface area contributed by atoms with E-state index in [-0.39, 0.29) is 29.2 Å². The lowest BCUT2D eigenvalue weighted by molar-refractivity contribution is -0.137. The Labute approximate surface area is 220 Å². The Morgan fingerprint density at radius 3 is 2.41 bits per heavy atom. The Morgan fingerprint density at radius 2 is 1.74 bits per heavy atom. The Morgan fingerprint density at radius 1 is 1.05 bits per heavy atom. The number of piperidine rings is 1. The summed E-state index contributed by atoms with van der Waals surface area (Å²) in [5.74, 6) is -0.327. The number of carbonyl (C=O) groups is 2. The van der Waals surface area contributed by atoms with Gasteiger partial charge in [-0.25, -0.2) is 15.0 Å². The number of nitrogens with one attached hydrogen (secondary N) is 1. The molecule has 1 aromatic carbocycles. The van der Waals surface area contributed by atoms with Crippen LogP contribution in [-0.4, -0.2) is 60.9 Å². The van der Waals surface area contributed by atoms with Gasteiger partial charge in [0.05, 0.1) is 16.8 Å². The van der Waals surface area contributed by atoms with Gasteiger partial charge in [-0.3, -0.25) is 14.0 Å². The summed E-state index contributed by atoms with van der Waals surface area (Å²) in [7, 11) is 0. The van der Waals surface area contributed by atoms with Crippen LogP contribution < -0.4 is 11.1 Å². The number of rotatable bonds is 5. The van der Waals surface area contributed by atoms with Gasteiger partial charge in [-0.1, -0.05) is 12.1 Å². The van der Waals surface area contributed by atoms with Gasteiger partial charge in [0.1, 0.15) is 18.2 Å². The third-order valence-electron chi connectivity index (χ3n) is 6.71. The second-order valence-electron chi connectivity index (χ2n) is 9.12. The highest BCUT2D eigenvalue weighted by Crippen LogP contribution is 2.34. The lowest BCUT2D eigenvalue weighted by atomic mass is 9.93. The van der Waals surface area contributed by atoms with Gasteiger partial charge in [0.25, 0.3) is 5.91 Å². The number of carbonyl (C=O) groups excluding carboxylic acids is 2. The Hall–Kier alpha value is -4.52. The van der Waals surface area contributed by atoms with Gasteiger partial charge in [0, 0.05) is 42.5 Å². The number of aromatic nitrogens is 4. The van der Waals surface area contributed by atoms with Gasteiger partial charge in [0.15, 0.2) is 0 Å². The number of pyridine rings is 1. The molecule has 39 heavy (non-hydrogen) atoms. The van der Waals surface area contributed by atoms with Crippen LogP contribution in [0, 0.1) is 0 Å². The van der Waals surface area contributed by atoms with Crippen molar-refractivity contribution in [1.29, 1.82) is 0 Å². The van der Waals surface area contributed by atoms with Crippen LogP contribution in [-0.2, 0) is 11.0 Å². The molecule has 0 aliphatic carbocycles. The van der Waals surface area contributed by atoms with E-state index in [4.69, 9.17) is 15.8 Å². The molecule has 202 valence electrons. The van der Waals surface area contributed by atoms with Crippen molar-refractivity contribution in [2.75, 3.05) is 30.7 Å². The summed E-state index contributed by atoms with van der Waals surface area (Å²) in [4.78, 5) is 39.0. The van der Waals surface area contributed by atoms with E-state index in [0.29, 0.717) is 37.3 Å². The number of hydrogen-bond acceptors (Lipinski definition) is 7. The van der Waals surface area contributed by atoms with E-state index in [0.717, 1.165) is 29.5 Å². The third-order valence-corrected chi connectivity index (χ3v) is 6.71. The summed E-state index contributed by atoms with van der Waals surface area (Å²) in [6.45, 7) is 0.488. The summed E-state index contributed by atoms with van der Waals surface area (Å²) < 4.78 is 40.6. The average Bonchev–Trinajstić information content (AvgIpc) is 3.33. The summed E-state index contributed by atoms with van der Waals surface area (Å²) in [5, 5.41) is 11.5. The zero-order valence-corrected chi connectivity index (χ0v) is 20.5. The van der Waals surface area contributed by atoms with Gasteiger partial charge in [-0.05, 0) is 43.2 Å². The van der Waals surface area contributed by atoms with Crippen molar-refractivity contribution >= 4 is 29.1 Å². The largest absolute Gasteiger partial charge is 0.416 e. The number of nitrogen functional groups attached to an aromatic ring is 1.